The third kappa shape index (κ3) is 9.04. The second-order valence-corrected chi connectivity index (χ2v) is 7.67. The van der Waals surface area contributed by atoms with Gasteiger partial charge < -0.3 is 14.8 Å². The van der Waals surface area contributed by atoms with Gasteiger partial charge in [-0.05, 0) is 70.7 Å². The summed E-state index contributed by atoms with van der Waals surface area (Å²) < 4.78 is 24.8. The highest BCUT2D eigenvalue weighted by Gasteiger charge is 2.17. The van der Waals surface area contributed by atoms with E-state index in [9.17, 15) is 4.39 Å². The lowest BCUT2D eigenvalue weighted by molar-refractivity contribution is 0.285. The molecule has 1 N–H and O–H groups in total. The lowest BCUT2D eigenvalue weighted by atomic mass is 10.00. The minimum absolute atomic E-state index is 0.306. The van der Waals surface area contributed by atoms with Gasteiger partial charge in [0, 0.05) is 16.7 Å². The van der Waals surface area contributed by atoms with E-state index in [1.165, 1.54) is 12.3 Å². The molecule has 35 heavy (non-hydrogen) atoms. The van der Waals surface area contributed by atoms with Gasteiger partial charge >= 0.3 is 0 Å². The second-order valence-electron chi connectivity index (χ2n) is 7.67. The van der Waals surface area contributed by atoms with E-state index in [0.29, 0.717) is 23.0 Å². The number of ether oxygens (including phenoxy) is 2. The molecule has 0 saturated carbocycles. The summed E-state index contributed by atoms with van der Waals surface area (Å²) in [6, 6.07) is 6.60. The molecule has 0 fully saturated rings. The van der Waals surface area contributed by atoms with Crippen molar-refractivity contribution in [1.29, 1.82) is 0 Å². The summed E-state index contributed by atoms with van der Waals surface area (Å²) in [5, 5.41) is 3.33. The van der Waals surface area contributed by atoms with Gasteiger partial charge in [-0.1, -0.05) is 39.8 Å². The number of halogens is 1. The number of nitrogens with zero attached hydrogens (tertiary/aromatic N) is 2. The Kier molecular flexibility index (Phi) is 13.1. The number of benzene rings is 1. The molecule has 0 aliphatic carbocycles. The second kappa shape index (κ2) is 15.5. The van der Waals surface area contributed by atoms with Crippen LogP contribution in [0.5, 0.6) is 5.75 Å². The standard InChI is InChI=1S/C27H34FN3O2.C2H6/c1-8-10-11-14-29-27(31-20(5)21(6)33-18(3)9-2)24-15-22(16-26(32-7)19(24)4)25-13-12-23(28)17-30-25;1-2/h9,11-17,20H,6,8,10H2,1-5,7H3,(H,29,31);1-2H3/b14-11+,18-9-;. The van der Waals surface area contributed by atoms with Gasteiger partial charge in [0.15, 0.2) is 0 Å². The minimum atomic E-state index is -0.383. The van der Waals surface area contributed by atoms with E-state index in [-0.39, 0.29) is 11.9 Å². The Morgan fingerprint density at radius 2 is 2.00 bits per heavy atom. The van der Waals surface area contributed by atoms with Gasteiger partial charge in [-0.2, -0.15) is 0 Å². The van der Waals surface area contributed by atoms with Gasteiger partial charge in [-0.15, -0.1) is 0 Å². The average Bonchev–Trinajstić information content (AvgIpc) is 2.87. The highest BCUT2D eigenvalue weighted by Crippen LogP contribution is 2.30. The predicted molar refractivity (Wildman–Crippen MR) is 145 cm³/mol. The zero-order chi connectivity index (χ0) is 26.4. The number of hydrogen-bond donors (Lipinski definition) is 1. The SMILES string of the molecule is C=C(O/C(C)=C\C)C(C)N=C(N/C=C/CCC)c1cc(-c2ccc(F)cn2)cc(OC)c1C.CC. The van der Waals surface area contributed by atoms with Gasteiger partial charge in [-0.3, -0.25) is 9.98 Å². The minimum Gasteiger partial charge on any atom is -0.496 e. The van der Waals surface area contributed by atoms with Crippen molar-refractivity contribution in [1.82, 2.24) is 10.3 Å². The zero-order valence-corrected chi connectivity index (χ0v) is 22.4. The number of pyridine rings is 1. The molecule has 0 aliphatic heterocycles. The molecule has 190 valence electrons. The number of methoxy groups -OCH3 is 1. The van der Waals surface area contributed by atoms with E-state index in [1.54, 1.807) is 13.2 Å². The number of nitrogens with one attached hydrogen (secondary N) is 1. The van der Waals surface area contributed by atoms with E-state index >= 15 is 0 Å². The van der Waals surface area contributed by atoms with E-state index < -0.39 is 0 Å². The van der Waals surface area contributed by atoms with Crippen LogP contribution in [0.15, 0.2) is 71.9 Å². The highest BCUT2D eigenvalue weighted by atomic mass is 19.1. The Balaban J connectivity index is 0.00000298. The molecule has 0 aliphatic rings. The van der Waals surface area contributed by atoms with Crippen LogP contribution in [-0.4, -0.2) is 24.0 Å². The normalized spacial score (nSPS) is 12.6. The van der Waals surface area contributed by atoms with Crippen molar-refractivity contribution in [3.63, 3.8) is 0 Å². The molecule has 1 atom stereocenters. The zero-order valence-electron chi connectivity index (χ0n) is 22.4. The first-order valence-corrected chi connectivity index (χ1v) is 12.1. The maximum absolute atomic E-state index is 13.4. The fraction of sp³-hybridized carbons (Fsp3) is 0.379. The Morgan fingerprint density at radius 3 is 2.57 bits per heavy atom. The largest absolute Gasteiger partial charge is 0.496 e. The molecule has 0 bridgehead atoms. The summed E-state index contributed by atoms with van der Waals surface area (Å²) in [5.41, 5.74) is 3.20. The maximum atomic E-state index is 13.4. The van der Waals surface area contributed by atoms with Gasteiger partial charge in [-0.25, -0.2) is 4.39 Å². The number of amidine groups is 1. The van der Waals surface area contributed by atoms with Gasteiger partial charge in [0.1, 0.15) is 29.2 Å². The lowest BCUT2D eigenvalue weighted by Gasteiger charge is -2.18. The molecule has 0 radical (unpaired) electrons. The average molecular weight is 482 g/mol. The Morgan fingerprint density at radius 1 is 1.29 bits per heavy atom. The number of rotatable bonds is 10. The van der Waals surface area contributed by atoms with E-state index in [4.69, 9.17) is 14.5 Å². The number of allylic oxidation sites excluding steroid dienone is 3. The molecule has 6 heteroatoms. The van der Waals surface area contributed by atoms with Crippen molar-refractivity contribution in [3.05, 3.63) is 83.9 Å². The summed E-state index contributed by atoms with van der Waals surface area (Å²) in [5.74, 6) is 2.27. The number of unbranched alkanes of at least 4 members (excludes halogenated alkanes) is 1. The smallest absolute Gasteiger partial charge is 0.141 e. The Labute approximate surface area is 210 Å². The molecular formula is C29H40FN3O2. The molecular weight excluding hydrogens is 441 g/mol. The van der Waals surface area contributed by atoms with E-state index in [2.05, 4.69) is 29.9 Å². The summed E-state index contributed by atoms with van der Waals surface area (Å²) in [4.78, 5) is 9.11. The Bertz CT molecular complexity index is 1040. The van der Waals surface area contributed by atoms with E-state index in [1.807, 2.05) is 66.0 Å². The van der Waals surface area contributed by atoms with Crippen LogP contribution in [0.3, 0.4) is 0 Å². The molecule has 2 aromatic rings. The van der Waals surface area contributed by atoms with Crippen molar-refractivity contribution in [2.45, 2.75) is 67.3 Å². The number of hydrogen-bond acceptors (Lipinski definition) is 4. The Hall–Kier alpha value is -3.41. The first-order valence-electron chi connectivity index (χ1n) is 12.1. The molecule has 2 rings (SSSR count). The summed E-state index contributed by atoms with van der Waals surface area (Å²) in [7, 11) is 1.62. The number of aliphatic imine (C=N–C) groups is 1. The van der Waals surface area contributed by atoms with Crippen LogP contribution in [0.1, 0.15) is 65.5 Å². The molecule has 0 saturated heterocycles. The number of aromatic nitrogens is 1. The van der Waals surface area contributed by atoms with Crippen molar-refractivity contribution in [2.24, 2.45) is 4.99 Å². The first-order chi connectivity index (χ1) is 16.8. The fourth-order valence-corrected chi connectivity index (χ4v) is 3.03. The third-order valence-electron chi connectivity index (χ3n) is 5.14. The summed E-state index contributed by atoms with van der Waals surface area (Å²) in [6.45, 7) is 17.9. The maximum Gasteiger partial charge on any atom is 0.141 e. The first kappa shape index (κ1) is 29.6. The van der Waals surface area contributed by atoms with Crippen molar-refractivity contribution >= 4 is 5.84 Å². The van der Waals surface area contributed by atoms with Gasteiger partial charge in [0.05, 0.1) is 24.8 Å². The molecule has 1 aromatic heterocycles. The van der Waals surface area contributed by atoms with Crippen LogP contribution < -0.4 is 10.1 Å². The highest BCUT2D eigenvalue weighted by molar-refractivity contribution is 6.02. The van der Waals surface area contributed by atoms with Crippen LogP contribution >= 0.6 is 0 Å². The van der Waals surface area contributed by atoms with Crippen molar-refractivity contribution < 1.29 is 13.9 Å². The van der Waals surface area contributed by atoms with Crippen LogP contribution in [0.25, 0.3) is 11.3 Å². The fourth-order valence-electron chi connectivity index (χ4n) is 3.03. The molecule has 5 nitrogen and oxygen atoms in total. The third-order valence-corrected chi connectivity index (χ3v) is 5.14. The van der Waals surface area contributed by atoms with Crippen molar-refractivity contribution in [2.75, 3.05) is 7.11 Å². The van der Waals surface area contributed by atoms with Crippen LogP contribution in [-0.2, 0) is 4.74 Å². The monoisotopic (exact) mass is 481 g/mol. The molecule has 1 aromatic carbocycles. The molecule has 1 unspecified atom stereocenters. The summed E-state index contributed by atoms with van der Waals surface area (Å²) >= 11 is 0. The molecule has 0 amide bonds. The van der Waals surface area contributed by atoms with Crippen LogP contribution in [0.4, 0.5) is 4.39 Å². The quantitative estimate of drug-likeness (QED) is 0.214. The van der Waals surface area contributed by atoms with Gasteiger partial charge in [0.25, 0.3) is 0 Å². The van der Waals surface area contributed by atoms with Crippen LogP contribution in [0.2, 0.25) is 0 Å². The van der Waals surface area contributed by atoms with Crippen molar-refractivity contribution in [3.8, 4) is 17.0 Å². The van der Waals surface area contributed by atoms with E-state index in [0.717, 1.165) is 35.3 Å². The lowest BCUT2D eigenvalue weighted by Crippen LogP contribution is -2.23. The molecule has 0 spiro atoms. The summed E-state index contributed by atoms with van der Waals surface area (Å²) in [6.07, 6.45) is 9.04. The topological polar surface area (TPSA) is 55.7 Å². The van der Waals surface area contributed by atoms with Gasteiger partial charge in [0.2, 0.25) is 0 Å². The predicted octanol–water partition coefficient (Wildman–Crippen LogP) is 7.72. The van der Waals surface area contributed by atoms with Crippen LogP contribution in [0, 0.1) is 12.7 Å². The molecule has 1 heterocycles.